The van der Waals surface area contributed by atoms with Crippen LogP contribution in [0.2, 0.25) is 0 Å². The number of piperidine rings is 1. The lowest BCUT2D eigenvalue weighted by atomic mass is 10.0. The smallest absolute Gasteiger partial charge is 0.337 e. The van der Waals surface area contributed by atoms with Gasteiger partial charge in [-0.3, -0.25) is 9.78 Å². The van der Waals surface area contributed by atoms with Crippen LogP contribution in [0.25, 0.3) is 0 Å². The van der Waals surface area contributed by atoms with E-state index in [4.69, 9.17) is 5.11 Å². The summed E-state index contributed by atoms with van der Waals surface area (Å²) in [6.45, 7) is 0.839. The highest BCUT2D eigenvalue weighted by Gasteiger charge is 2.20. The number of nitrogens with zero attached hydrogens (tertiary/aromatic N) is 1. The Hall–Kier alpha value is -1.95. The molecule has 6 heteroatoms. The van der Waals surface area contributed by atoms with Gasteiger partial charge in [-0.05, 0) is 25.5 Å². The molecule has 1 aliphatic rings. The minimum Gasteiger partial charge on any atom is -0.478 e. The summed E-state index contributed by atoms with van der Waals surface area (Å²) in [5.41, 5.74) is 0.469. The second-order valence-corrected chi connectivity index (χ2v) is 4.26. The Labute approximate surface area is 104 Å². The number of hydrogen-bond acceptors (Lipinski definition) is 4. The van der Waals surface area contributed by atoms with Crippen LogP contribution in [-0.4, -0.2) is 34.6 Å². The molecule has 2 rings (SSSR count). The van der Waals surface area contributed by atoms with E-state index >= 15 is 0 Å². The molecule has 0 saturated carbocycles. The number of carbonyl (C=O) groups excluding carboxylic acids is 1. The Balaban J connectivity index is 2.02. The fourth-order valence-electron chi connectivity index (χ4n) is 1.93. The number of carboxylic acid groups (broad SMARTS) is 1. The molecular weight excluding hydrogens is 234 g/mol. The predicted octanol–water partition coefficient (Wildman–Crippen LogP) is 0.860. The first kappa shape index (κ1) is 12.5. The maximum Gasteiger partial charge on any atom is 0.337 e. The van der Waals surface area contributed by atoms with Crippen LogP contribution < -0.4 is 10.6 Å². The van der Waals surface area contributed by atoms with E-state index in [0.29, 0.717) is 5.69 Å². The molecule has 1 aliphatic heterocycles. The van der Waals surface area contributed by atoms with Gasteiger partial charge in [-0.2, -0.15) is 0 Å². The van der Waals surface area contributed by atoms with Gasteiger partial charge in [-0.1, -0.05) is 6.42 Å². The van der Waals surface area contributed by atoms with Gasteiger partial charge in [0.05, 0.1) is 23.5 Å². The third-order valence-electron chi connectivity index (χ3n) is 2.88. The summed E-state index contributed by atoms with van der Waals surface area (Å²) >= 11 is 0. The monoisotopic (exact) mass is 249 g/mol. The Morgan fingerprint density at radius 1 is 1.39 bits per heavy atom. The molecule has 18 heavy (non-hydrogen) atoms. The number of aromatic carboxylic acids is 1. The first-order chi connectivity index (χ1) is 8.66. The lowest BCUT2D eigenvalue weighted by Crippen LogP contribution is -2.43. The zero-order valence-corrected chi connectivity index (χ0v) is 9.85. The second kappa shape index (κ2) is 5.59. The summed E-state index contributed by atoms with van der Waals surface area (Å²) in [5, 5.41) is 14.6. The quantitative estimate of drug-likeness (QED) is 0.739. The van der Waals surface area contributed by atoms with E-state index < -0.39 is 5.97 Å². The predicted molar refractivity (Wildman–Crippen MR) is 65.5 cm³/mol. The molecule has 2 heterocycles. The fourth-order valence-corrected chi connectivity index (χ4v) is 1.93. The first-order valence-electron chi connectivity index (χ1n) is 5.89. The molecule has 6 nitrogen and oxygen atoms in total. The Bertz CT molecular complexity index is 456. The molecule has 1 amide bonds. The zero-order chi connectivity index (χ0) is 13.0. The van der Waals surface area contributed by atoms with Crippen molar-refractivity contribution >= 4 is 17.6 Å². The molecule has 0 radical (unpaired) electrons. The van der Waals surface area contributed by atoms with Gasteiger partial charge in [0.2, 0.25) is 5.91 Å². The minimum absolute atomic E-state index is 0.0596. The second-order valence-electron chi connectivity index (χ2n) is 4.26. The zero-order valence-electron chi connectivity index (χ0n) is 9.85. The van der Waals surface area contributed by atoms with E-state index in [9.17, 15) is 9.59 Å². The van der Waals surface area contributed by atoms with Gasteiger partial charge in [0.25, 0.3) is 0 Å². The van der Waals surface area contributed by atoms with Crippen molar-refractivity contribution in [1.82, 2.24) is 10.3 Å². The summed E-state index contributed by atoms with van der Waals surface area (Å²) in [7, 11) is 0. The molecule has 1 aromatic rings. The molecule has 0 spiro atoms. The third-order valence-corrected chi connectivity index (χ3v) is 2.88. The number of amides is 1. The molecule has 96 valence electrons. The molecule has 1 unspecified atom stereocenters. The van der Waals surface area contributed by atoms with Crippen LogP contribution in [0.4, 0.5) is 5.69 Å². The van der Waals surface area contributed by atoms with Crippen LogP contribution in [0.3, 0.4) is 0 Å². The average molecular weight is 249 g/mol. The van der Waals surface area contributed by atoms with Gasteiger partial charge < -0.3 is 15.7 Å². The average Bonchev–Trinajstić information content (AvgIpc) is 2.40. The van der Waals surface area contributed by atoms with Gasteiger partial charge in [0, 0.05) is 6.20 Å². The number of carboxylic acids is 1. The van der Waals surface area contributed by atoms with E-state index in [2.05, 4.69) is 15.6 Å². The van der Waals surface area contributed by atoms with Crippen molar-refractivity contribution in [1.29, 1.82) is 0 Å². The molecule has 3 N–H and O–H groups in total. The number of hydrogen-bond donors (Lipinski definition) is 3. The van der Waals surface area contributed by atoms with Gasteiger partial charge >= 0.3 is 5.97 Å². The van der Waals surface area contributed by atoms with Crippen molar-refractivity contribution < 1.29 is 14.7 Å². The standard InChI is InChI=1S/C12H15N3O3/c16-11(10-3-1-2-4-14-10)15-9-5-8(12(17)18)6-13-7-9/h5-7,10,14H,1-4H2,(H,15,16)(H,17,18). The molecule has 0 bridgehead atoms. The van der Waals surface area contributed by atoms with Gasteiger partial charge in [-0.15, -0.1) is 0 Å². The minimum atomic E-state index is -1.06. The maximum absolute atomic E-state index is 11.9. The van der Waals surface area contributed by atoms with E-state index in [1.807, 2.05) is 0 Å². The normalized spacial score (nSPS) is 19.2. The van der Waals surface area contributed by atoms with Crippen LogP contribution in [0.1, 0.15) is 29.6 Å². The van der Waals surface area contributed by atoms with Crippen LogP contribution in [0, 0.1) is 0 Å². The highest BCUT2D eigenvalue weighted by Crippen LogP contribution is 2.12. The highest BCUT2D eigenvalue weighted by molar-refractivity contribution is 5.96. The molecule has 1 atom stereocenters. The van der Waals surface area contributed by atoms with Gasteiger partial charge in [-0.25, -0.2) is 4.79 Å². The van der Waals surface area contributed by atoms with E-state index in [-0.39, 0.29) is 17.5 Å². The van der Waals surface area contributed by atoms with Crippen molar-refractivity contribution in [3.8, 4) is 0 Å². The summed E-state index contributed by atoms with van der Waals surface area (Å²) in [6, 6.07) is 1.20. The molecule has 0 aliphatic carbocycles. The first-order valence-corrected chi connectivity index (χ1v) is 5.89. The van der Waals surface area contributed by atoms with Crippen molar-refractivity contribution in [3.63, 3.8) is 0 Å². The largest absolute Gasteiger partial charge is 0.478 e. The van der Waals surface area contributed by atoms with Crippen LogP contribution in [-0.2, 0) is 4.79 Å². The Morgan fingerprint density at radius 2 is 2.22 bits per heavy atom. The number of carbonyl (C=O) groups is 2. The molecule has 1 fully saturated rings. The lowest BCUT2D eigenvalue weighted by Gasteiger charge is -2.22. The summed E-state index contributed by atoms with van der Waals surface area (Å²) in [4.78, 5) is 26.5. The van der Waals surface area contributed by atoms with Crippen molar-refractivity contribution in [2.24, 2.45) is 0 Å². The fraction of sp³-hybridized carbons (Fsp3) is 0.417. The molecule has 1 saturated heterocycles. The van der Waals surface area contributed by atoms with Gasteiger partial charge in [0.1, 0.15) is 0 Å². The number of pyridine rings is 1. The number of aromatic nitrogens is 1. The molecule has 0 aromatic carbocycles. The van der Waals surface area contributed by atoms with Crippen LogP contribution in [0.15, 0.2) is 18.5 Å². The van der Waals surface area contributed by atoms with Gasteiger partial charge in [0.15, 0.2) is 0 Å². The summed E-state index contributed by atoms with van der Waals surface area (Å²) in [6.07, 6.45) is 5.60. The number of rotatable bonds is 3. The maximum atomic E-state index is 11.9. The Morgan fingerprint density at radius 3 is 2.89 bits per heavy atom. The number of nitrogens with one attached hydrogen (secondary N) is 2. The third kappa shape index (κ3) is 3.04. The van der Waals surface area contributed by atoms with E-state index in [1.165, 1.54) is 18.5 Å². The topological polar surface area (TPSA) is 91.3 Å². The van der Waals surface area contributed by atoms with E-state index in [0.717, 1.165) is 25.8 Å². The van der Waals surface area contributed by atoms with Crippen molar-refractivity contribution in [3.05, 3.63) is 24.0 Å². The Kier molecular flexibility index (Phi) is 3.88. The van der Waals surface area contributed by atoms with Crippen molar-refractivity contribution in [2.45, 2.75) is 25.3 Å². The molecule has 1 aromatic heterocycles. The summed E-state index contributed by atoms with van der Waals surface area (Å²) in [5.74, 6) is -1.20. The SMILES string of the molecule is O=C(O)c1cncc(NC(=O)C2CCCCN2)c1. The van der Waals surface area contributed by atoms with E-state index in [1.54, 1.807) is 0 Å². The molecular formula is C12H15N3O3. The number of anilines is 1. The van der Waals surface area contributed by atoms with Crippen LogP contribution in [0.5, 0.6) is 0 Å². The lowest BCUT2D eigenvalue weighted by molar-refractivity contribution is -0.118. The summed E-state index contributed by atoms with van der Waals surface area (Å²) < 4.78 is 0. The van der Waals surface area contributed by atoms with Crippen molar-refractivity contribution in [2.75, 3.05) is 11.9 Å². The highest BCUT2D eigenvalue weighted by atomic mass is 16.4. The van der Waals surface area contributed by atoms with Crippen LogP contribution >= 0.6 is 0 Å².